The standard InChI is InChI=1S/C9H9BrN2OS/c1-4-7(10)5(2)11-9-8(4)14-3-6(13)12-9/h3H2,1-2H3,(H,11,12,13). The number of hydrogen-bond acceptors (Lipinski definition) is 3. The summed E-state index contributed by atoms with van der Waals surface area (Å²) in [4.78, 5) is 16.5. The first-order valence-electron chi connectivity index (χ1n) is 4.19. The van der Waals surface area contributed by atoms with Crippen molar-refractivity contribution in [1.82, 2.24) is 4.98 Å². The minimum Gasteiger partial charge on any atom is -0.309 e. The Morgan fingerprint density at radius 1 is 1.50 bits per heavy atom. The number of hydrogen-bond donors (Lipinski definition) is 1. The Morgan fingerprint density at radius 3 is 2.93 bits per heavy atom. The Bertz CT molecular complexity index is 420. The molecule has 0 saturated heterocycles. The molecule has 0 unspecified atom stereocenters. The van der Waals surface area contributed by atoms with Crippen LogP contribution in [0.3, 0.4) is 0 Å². The molecule has 0 bridgehead atoms. The summed E-state index contributed by atoms with van der Waals surface area (Å²) in [5.41, 5.74) is 2.06. The Morgan fingerprint density at radius 2 is 2.21 bits per heavy atom. The van der Waals surface area contributed by atoms with Crippen LogP contribution in [0.25, 0.3) is 0 Å². The SMILES string of the molecule is Cc1nc2c(c(C)c1Br)SCC(=O)N2. The molecule has 3 nitrogen and oxygen atoms in total. The fourth-order valence-corrected chi connectivity index (χ4v) is 2.70. The third-order valence-corrected chi connectivity index (χ3v) is 4.45. The van der Waals surface area contributed by atoms with Gasteiger partial charge in [0.05, 0.1) is 16.3 Å². The molecule has 0 atom stereocenters. The summed E-state index contributed by atoms with van der Waals surface area (Å²) in [7, 11) is 0. The van der Waals surface area contributed by atoms with Gasteiger partial charge in [0.15, 0.2) is 0 Å². The second-order valence-electron chi connectivity index (χ2n) is 3.15. The highest BCUT2D eigenvalue weighted by molar-refractivity contribution is 9.10. The maximum Gasteiger partial charge on any atom is 0.235 e. The van der Waals surface area contributed by atoms with Gasteiger partial charge in [-0.25, -0.2) is 4.98 Å². The lowest BCUT2D eigenvalue weighted by Gasteiger charge is -2.19. The monoisotopic (exact) mass is 272 g/mol. The predicted octanol–water partition coefficient (Wildman–Crippen LogP) is 2.51. The van der Waals surface area contributed by atoms with E-state index in [0.717, 1.165) is 20.6 Å². The average molecular weight is 273 g/mol. The molecule has 0 aromatic carbocycles. The van der Waals surface area contributed by atoms with Gasteiger partial charge in [-0.2, -0.15) is 0 Å². The molecule has 5 heteroatoms. The normalized spacial score (nSPS) is 14.9. The van der Waals surface area contributed by atoms with Crippen molar-refractivity contribution >= 4 is 39.4 Å². The van der Waals surface area contributed by atoms with E-state index in [1.165, 1.54) is 0 Å². The number of thioether (sulfide) groups is 1. The molecule has 1 aromatic heterocycles. The predicted molar refractivity (Wildman–Crippen MR) is 60.8 cm³/mol. The topological polar surface area (TPSA) is 42.0 Å². The van der Waals surface area contributed by atoms with Crippen LogP contribution in [-0.2, 0) is 4.79 Å². The maximum atomic E-state index is 11.1. The third kappa shape index (κ3) is 1.54. The number of fused-ring (bicyclic) bond motifs is 1. The van der Waals surface area contributed by atoms with E-state index in [-0.39, 0.29) is 5.91 Å². The molecule has 0 spiro atoms. The number of amides is 1. The molecule has 1 aliphatic rings. The van der Waals surface area contributed by atoms with Crippen LogP contribution in [0.2, 0.25) is 0 Å². The molecule has 1 amide bonds. The van der Waals surface area contributed by atoms with Crippen LogP contribution in [0.15, 0.2) is 9.37 Å². The molecule has 2 heterocycles. The van der Waals surface area contributed by atoms with Crippen molar-refractivity contribution in [3.8, 4) is 0 Å². The van der Waals surface area contributed by atoms with Gasteiger partial charge in [0.1, 0.15) is 5.82 Å². The quantitative estimate of drug-likeness (QED) is 0.789. The number of aryl methyl sites for hydroxylation is 1. The van der Waals surface area contributed by atoms with Gasteiger partial charge in [0.2, 0.25) is 5.91 Å². The van der Waals surface area contributed by atoms with Gasteiger partial charge in [-0.1, -0.05) is 0 Å². The first-order chi connectivity index (χ1) is 6.59. The molecule has 1 aliphatic heterocycles. The van der Waals surface area contributed by atoms with Crippen molar-refractivity contribution in [3.05, 3.63) is 15.7 Å². The van der Waals surface area contributed by atoms with E-state index in [4.69, 9.17) is 0 Å². The van der Waals surface area contributed by atoms with Crippen molar-refractivity contribution in [1.29, 1.82) is 0 Å². The van der Waals surface area contributed by atoms with Gasteiger partial charge >= 0.3 is 0 Å². The summed E-state index contributed by atoms with van der Waals surface area (Å²) in [6.07, 6.45) is 0. The zero-order valence-corrected chi connectivity index (χ0v) is 10.3. The smallest absolute Gasteiger partial charge is 0.235 e. The van der Waals surface area contributed by atoms with Crippen LogP contribution in [0, 0.1) is 13.8 Å². The zero-order valence-electron chi connectivity index (χ0n) is 7.85. The minimum atomic E-state index is 0.0242. The van der Waals surface area contributed by atoms with E-state index >= 15 is 0 Å². The van der Waals surface area contributed by atoms with Crippen molar-refractivity contribution < 1.29 is 4.79 Å². The van der Waals surface area contributed by atoms with Crippen molar-refractivity contribution in [2.24, 2.45) is 0 Å². The second kappa shape index (κ2) is 3.55. The largest absolute Gasteiger partial charge is 0.309 e. The number of anilines is 1. The highest BCUT2D eigenvalue weighted by Crippen LogP contribution is 2.37. The molecule has 1 N–H and O–H groups in total. The summed E-state index contributed by atoms with van der Waals surface area (Å²) in [6.45, 7) is 3.95. The van der Waals surface area contributed by atoms with E-state index in [1.807, 2.05) is 13.8 Å². The van der Waals surface area contributed by atoms with Crippen LogP contribution in [0.1, 0.15) is 11.3 Å². The maximum absolute atomic E-state index is 11.1. The van der Waals surface area contributed by atoms with E-state index in [9.17, 15) is 4.79 Å². The van der Waals surface area contributed by atoms with Gasteiger partial charge < -0.3 is 5.32 Å². The van der Waals surface area contributed by atoms with Gasteiger partial charge in [-0.3, -0.25) is 4.79 Å². The minimum absolute atomic E-state index is 0.0242. The second-order valence-corrected chi connectivity index (χ2v) is 4.93. The van der Waals surface area contributed by atoms with Gasteiger partial charge in [-0.05, 0) is 35.3 Å². The molecular formula is C9H9BrN2OS. The molecular weight excluding hydrogens is 264 g/mol. The van der Waals surface area contributed by atoms with Crippen LogP contribution in [0.4, 0.5) is 5.82 Å². The van der Waals surface area contributed by atoms with E-state index in [0.29, 0.717) is 11.6 Å². The fraction of sp³-hybridized carbons (Fsp3) is 0.333. The molecule has 1 aromatic rings. The highest BCUT2D eigenvalue weighted by Gasteiger charge is 2.20. The van der Waals surface area contributed by atoms with Crippen LogP contribution in [0.5, 0.6) is 0 Å². The van der Waals surface area contributed by atoms with E-state index in [2.05, 4.69) is 26.2 Å². The number of aromatic nitrogens is 1. The first kappa shape index (κ1) is 9.98. The molecule has 0 saturated carbocycles. The van der Waals surface area contributed by atoms with Crippen molar-refractivity contribution in [2.45, 2.75) is 18.7 Å². The van der Waals surface area contributed by atoms with Crippen molar-refractivity contribution in [3.63, 3.8) is 0 Å². The van der Waals surface area contributed by atoms with Crippen LogP contribution < -0.4 is 5.32 Å². The summed E-state index contributed by atoms with van der Waals surface area (Å²) >= 11 is 5.03. The lowest BCUT2D eigenvalue weighted by atomic mass is 10.2. The molecule has 14 heavy (non-hydrogen) atoms. The molecule has 0 fully saturated rings. The fourth-order valence-electron chi connectivity index (χ4n) is 1.38. The number of halogens is 1. The number of pyridine rings is 1. The van der Waals surface area contributed by atoms with Crippen LogP contribution >= 0.6 is 27.7 Å². The summed E-state index contributed by atoms with van der Waals surface area (Å²) < 4.78 is 1.03. The third-order valence-electron chi connectivity index (χ3n) is 2.09. The summed E-state index contributed by atoms with van der Waals surface area (Å²) in [6, 6.07) is 0. The van der Waals surface area contributed by atoms with Crippen molar-refractivity contribution in [2.75, 3.05) is 11.1 Å². The number of nitrogens with zero attached hydrogens (tertiary/aromatic N) is 1. The Balaban J connectivity index is 2.59. The number of nitrogens with one attached hydrogen (secondary N) is 1. The first-order valence-corrected chi connectivity index (χ1v) is 5.97. The van der Waals surface area contributed by atoms with E-state index < -0.39 is 0 Å². The number of carbonyl (C=O) groups excluding carboxylic acids is 1. The summed E-state index contributed by atoms with van der Waals surface area (Å²) in [5, 5.41) is 2.78. The lowest BCUT2D eigenvalue weighted by molar-refractivity contribution is -0.113. The Labute approximate surface area is 94.8 Å². The molecule has 0 aliphatic carbocycles. The number of rotatable bonds is 0. The Hall–Kier alpha value is -0.550. The zero-order chi connectivity index (χ0) is 10.3. The molecule has 74 valence electrons. The summed E-state index contributed by atoms with van der Waals surface area (Å²) in [5.74, 6) is 1.20. The van der Waals surface area contributed by atoms with E-state index in [1.54, 1.807) is 11.8 Å². The highest BCUT2D eigenvalue weighted by atomic mass is 79.9. The van der Waals surface area contributed by atoms with Gasteiger partial charge in [0.25, 0.3) is 0 Å². The average Bonchev–Trinajstić information content (AvgIpc) is 2.14. The lowest BCUT2D eigenvalue weighted by Crippen LogP contribution is -2.20. The molecule has 2 rings (SSSR count). The van der Waals surface area contributed by atoms with Gasteiger partial charge in [-0.15, -0.1) is 11.8 Å². The van der Waals surface area contributed by atoms with Crippen LogP contribution in [-0.4, -0.2) is 16.6 Å². The van der Waals surface area contributed by atoms with Gasteiger partial charge in [0, 0.05) is 4.47 Å². The molecule has 0 radical (unpaired) electrons. The number of carbonyl (C=O) groups is 1. The Kier molecular flexibility index (Phi) is 2.53.